The Bertz CT molecular complexity index is 1160. The van der Waals surface area contributed by atoms with Gasteiger partial charge < -0.3 is 14.7 Å². The maximum atomic E-state index is 13.1. The zero-order valence-electron chi connectivity index (χ0n) is 20.9. The molecular weight excluding hydrogens is 474 g/mol. The molecule has 0 radical (unpaired) electrons. The molecule has 7 nitrogen and oxygen atoms in total. The van der Waals surface area contributed by atoms with Crippen LogP contribution in [-0.4, -0.2) is 71.1 Å². The zero-order valence-corrected chi connectivity index (χ0v) is 21.6. The molecule has 1 aliphatic rings. The van der Waals surface area contributed by atoms with Crippen molar-refractivity contribution in [3.05, 3.63) is 76.8 Å². The summed E-state index contributed by atoms with van der Waals surface area (Å²) in [5.41, 5.74) is 3.63. The third kappa shape index (κ3) is 6.40. The monoisotopic (exact) mass is 505 g/mol. The molecule has 8 heteroatoms. The lowest BCUT2D eigenvalue weighted by Crippen LogP contribution is -2.52. The van der Waals surface area contributed by atoms with Crippen molar-refractivity contribution >= 4 is 29.2 Å². The highest BCUT2D eigenvalue weighted by atomic mass is 35.5. The summed E-state index contributed by atoms with van der Waals surface area (Å²) in [5, 5.41) is 9.41. The van der Waals surface area contributed by atoms with Crippen LogP contribution in [0.15, 0.2) is 60.7 Å². The van der Waals surface area contributed by atoms with Gasteiger partial charge >= 0.3 is 0 Å². The molecule has 1 saturated heterocycles. The fraction of sp³-hybridized carbons (Fsp3) is 0.357. The highest BCUT2D eigenvalue weighted by Crippen LogP contribution is 2.20. The number of amides is 2. The van der Waals surface area contributed by atoms with Crippen molar-refractivity contribution in [2.75, 3.05) is 44.2 Å². The van der Waals surface area contributed by atoms with Gasteiger partial charge in [0, 0.05) is 48.9 Å². The molecule has 3 aromatic rings. The highest BCUT2D eigenvalue weighted by Gasteiger charge is 2.25. The largest absolute Gasteiger partial charge is 0.352 e. The maximum absolute atomic E-state index is 13.1. The van der Waals surface area contributed by atoms with E-state index in [2.05, 4.69) is 41.1 Å². The number of anilines is 1. The van der Waals surface area contributed by atoms with E-state index >= 15 is 0 Å². The van der Waals surface area contributed by atoms with Crippen LogP contribution in [0.25, 0.3) is 11.3 Å². The van der Waals surface area contributed by atoms with E-state index in [0.29, 0.717) is 43.3 Å². The summed E-state index contributed by atoms with van der Waals surface area (Å²) in [7, 11) is 0. The predicted octanol–water partition coefficient (Wildman–Crippen LogP) is 4.70. The second kappa shape index (κ2) is 12.0. The lowest BCUT2D eigenvalue weighted by Gasteiger charge is -2.36. The quantitative estimate of drug-likeness (QED) is 0.444. The van der Waals surface area contributed by atoms with E-state index in [1.807, 2.05) is 29.2 Å². The number of aromatic nitrogens is 2. The topological polar surface area (TPSA) is 69.6 Å². The summed E-state index contributed by atoms with van der Waals surface area (Å²) in [6.07, 6.45) is 1.79. The van der Waals surface area contributed by atoms with Gasteiger partial charge in [-0.1, -0.05) is 54.8 Å². The van der Waals surface area contributed by atoms with Gasteiger partial charge in [0.05, 0.1) is 5.69 Å². The second-order valence-electron chi connectivity index (χ2n) is 9.10. The van der Waals surface area contributed by atoms with Crippen molar-refractivity contribution in [2.45, 2.75) is 26.7 Å². The van der Waals surface area contributed by atoms with E-state index in [1.54, 1.807) is 29.2 Å². The van der Waals surface area contributed by atoms with Crippen molar-refractivity contribution in [3.63, 3.8) is 0 Å². The van der Waals surface area contributed by atoms with Gasteiger partial charge in [-0.2, -0.15) is 0 Å². The van der Waals surface area contributed by atoms with Gasteiger partial charge in [-0.3, -0.25) is 9.59 Å². The molecule has 0 N–H and O–H groups in total. The molecule has 0 aliphatic carbocycles. The summed E-state index contributed by atoms with van der Waals surface area (Å²) in [5.74, 6) is 0.630. The molecule has 0 bridgehead atoms. The number of piperazine rings is 1. The van der Waals surface area contributed by atoms with E-state index in [-0.39, 0.29) is 18.4 Å². The van der Waals surface area contributed by atoms with Crippen LogP contribution in [0, 0.1) is 6.92 Å². The molecule has 0 spiro atoms. The van der Waals surface area contributed by atoms with Crippen molar-refractivity contribution in [1.82, 2.24) is 20.0 Å². The first-order valence-electron chi connectivity index (χ1n) is 12.4. The maximum Gasteiger partial charge on any atom is 0.254 e. The summed E-state index contributed by atoms with van der Waals surface area (Å²) in [4.78, 5) is 31.8. The number of hydrogen-bond acceptors (Lipinski definition) is 5. The number of carbonyl (C=O) groups is 2. The Morgan fingerprint density at radius 1 is 0.917 bits per heavy atom. The van der Waals surface area contributed by atoms with E-state index in [0.717, 1.165) is 29.9 Å². The Hall–Kier alpha value is -3.45. The van der Waals surface area contributed by atoms with Gasteiger partial charge in [0.15, 0.2) is 5.82 Å². The molecular formula is C28H32ClN5O2. The number of hydrogen-bond donors (Lipinski definition) is 0. The van der Waals surface area contributed by atoms with E-state index in [1.165, 1.54) is 5.56 Å². The minimum Gasteiger partial charge on any atom is -0.352 e. The minimum atomic E-state index is -0.143. The average Bonchev–Trinajstić information content (AvgIpc) is 2.91. The van der Waals surface area contributed by atoms with Crippen LogP contribution in [0.2, 0.25) is 5.02 Å². The number of benzene rings is 2. The smallest absolute Gasteiger partial charge is 0.254 e. The number of rotatable bonds is 8. The van der Waals surface area contributed by atoms with Crippen LogP contribution in [0.4, 0.5) is 5.82 Å². The molecule has 2 heterocycles. The van der Waals surface area contributed by atoms with Crippen molar-refractivity contribution in [3.8, 4) is 11.3 Å². The second-order valence-corrected chi connectivity index (χ2v) is 9.53. The fourth-order valence-electron chi connectivity index (χ4n) is 4.20. The molecule has 1 aromatic heterocycles. The normalized spacial score (nSPS) is 13.5. The van der Waals surface area contributed by atoms with E-state index in [9.17, 15) is 9.59 Å². The molecule has 188 valence electrons. The third-order valence-corrected chi connectivity index (χ3v) is 6.69. The molecule has 0 unspecified atom stereocenters. The summed E-state index contributed by atoms with van der Waals surface area (Å²) in [6.45, 7) is 7.26. The summed E-state index contributed by atoms with van der Waals surface area (Å²) in [6, 6.07) is 19.0. The van der Waals surface area contributed by atoms with Crippen molar-refractivity contribution in [1.29, 1.82) is 0 Å². The van der Waals surface area contributed by atoms with Gasteiger partial charge in [0.25, 0.3) is 5.91 Å². The Kier molecular flexibility index (Phi) is 8.54. The number of unbranched alkanes of at least 4 members (excludes halogenated alkanes) is 1. The van der Waals surface area contributed by atoms with E-state index < -0.39 is 0 Å². The lowest BCUT2D eigenvalue weighted by molar-refractivity contribution is -0.132. The Balaban J connectivity index is 1.34. The van der Waals surface area contributed by atoms with Crippen LogP contribution in [0.1, 0.15) is 35.7 Å². The number of halogens is 1. The molecule has 2 aromatic carbocycles. The summed E-state index contributed by atoms with van der Waals surface area (Å²) >= 11 is 5.96. The molecule has 4 rings (SSSR count). The summed E-state index contributed by atoms with van der Waals surface area (Å²) < 4.78 is 0. The van der Waals surface area contributed by atoms with Gasteiger partial charge in [-0.15, -0.1) is 10.2 Å². The molecule has 0 saturated carbocycles. The predicted molar refractivity (Wildman–Crippen MR) is 143 cm³/mol. The average molecular weight is 506 g/mol. The van der Waals surface area contributed by atoms with Gasteiger partial charge in [-0.25, -0.2) is 0 Å². The molecule has 1 aliphatic heterocycles. The van der Waals surface area contributed by atoms with Crippen LogP contribution < -0.4 is 4.90 Å². The first-order valence-corrected chi connectivity index (χ1v) is 12.8. The third-order valence-electron chi connectivity index (χ3n) is 6.44. The first-order chi connectivity index (χ1) is 17.4. The Labute approximate surface area is 217 Å². The number of aryl methyl sites for hydroxylation is 1. The Morgan fingerprint density at radius 3 is 2.22 bits per heavy atom. The van der Waals surface area contributed by atoms with Crippen LogP contribution in [0.5, 0.6) is 0 Å². The molecule has 1 fully saturated rings. The molecule has 0 atom stereocenters. The highest BCUT2D eigenvalue weighted by molar-refractivity contribution is 6.30. The fourth-order valence-corrected chi connectivity index (χ4v) is 4.32. The number of nitrogens with zero attached hydrogens (tertiary/aromatic N) is 5. The van der Waals surface area contributed by atoms with Gasteiger partial charge in [0.1, 0.15) is 6.54 Å². The minimum absolute atomic E-state index is 0.0335. The van der Waals surface area contributed by atoms with Gasteiger partial charge in [-0.05, 0) is 49.7 Å². The zero-order chi connectivity index (χ0) is 25.5. The van der Waals surface area contributed by atoms with E-state index in [4.69, 9.17) is 11.6 Å². The van der Waals surface area contributed by atoms with Crippen LogP contribution in [-0.2, 0) is 4.79 Å². The Morgan fingerprint density at radius 2 is 1.61 bits per heavy atom. The lowest BCUT2D eigenvalue weighted by atomic mass is 10.1. The van der Waals surface area contributed by atoms with Gasteiger partial charge in [0.2, 0.25) is 5.91 Å². The van der Waals surface area contributed by atoms with Crippen LogP contribution in [0.3, 0.4) is 0 Å². The molecule has 36 heavy (non-hydrogen) atoms. The first kappa shape index (κ1) is 25.6. The van der Waals surface area contributed by atoms with Crippen molar-refractivity contribution in [2.24, 2.45) is 0 Å². The SMILES string of the molecule is CCCCN(CC(=O)N1CCN(c2ccc(-c3ccc(C)cc3)nn2)CC1)C(=O)c1ccc(Cl)cc1. The molecule has 2 amide bonds. The van der Waals surface area contributed by atoms with Crippen LogP contribution >= 0.6 is 11.6 Å². The number of carbonyl (C=O) groups excluding carboxylic acids is 2. The van der Waals surface area contributed by atoms with Crippen molar-refractivity contribution < 1.29 is 9.59 Å². The standard InChI is InChI=1S/C28H32ClN5O2/c1-3-4-15-34(28(36)23-9-11-24(29)12-10-23)20-27(35)33-18-16-32(17-19-33)26-14-13-25(30-31-26)22-7-5-21(2)6-8-22/h5-14H,3-4,15-20H2,1-2H3.